The molecule has 3 aromatic rings. The minimum atomic E-state index is -0.646. The highest BCUT2D eigenvalue weighted by atomic mass is 16.5. The summed E-state index contributed by atoms with van der Waals surface area (Å²) >= 11 is 0. The number of fused-ring (bicyclic) bond motifs is 1. The van der Waals surface area contributed by atoms with Crippen molar-refractivity contribution in [2.45, 2.75) is 38.3 Å². The van der Waals surface area contributed by atoms with E-state index in [2.05, 4.69) is 0 Å². The first-order valence-electron chi connectivity index (χ1n) is 11.2. The molecule has 8 heteroatoms. The zero-order chi connectivity index (χ0) is 24.2. The van der Waals surface area contributed by atoms with Crippen molar-refractivity contribution in [1.82, 2.24) is 4.57 Å². The number of hydrogen-bond acceptors (Lipinski definition) is 7. The van der Waals surface area contributed by atoms with Crippen molar-refractivity contribution in [3.63, 3.8) is 0 Å². The summed E-state index contributed by atoms with van der Waals surface area (Å²) < 4.78 is 23.6. The van der Waals surface area contributed by atoms with Crippen molar-refractivity contribution in [1.29, 1.82) is 5.26 Å². The molecule has 1 N–H and O–H groups in total. The van der Waals surface area contributed by atoms with Gasteiger partial charge in [0.15, 0.2) is 17.6 Å². The predicted molar refractivity (Wildman–Crippen MR) is 127 cm³/mol. The molecule has 0 spiro atoms. The van der Waals surface area contributed by atoms with Gasteiger partial charge in [0, 0.05) is 31.1 Å². The van der Waals surface area contributed by atoms with Crippen molar-refractivity contribution in [2.75, 3.05) is 27.4 Å². The van der Waals surface area contributed by atoms with Crippen molar-refractivity contribution < 1.29 is 24.1 Å². The molecule has 1 saturated heterocycles. The van der Waals surface area contributed by atoms with E-state index >= 15 is 0 Å². The Morgan fingerprint density at radius 2 is 1.88 bits per heavy atom. The van der Waals surface area contributed by atoms with E-state index in [0.717, 1.165) is 5.56 Å². The molecule has 1 unspecified atom stereocenters. The number of ether oxygens (including phenoxy) is 4. The lowest BCUT2D eigenvalue weighted by atomic mass is 10.00. The number of benzene rings is 2. The van der Waals surface area contributed by atoms with Gasteiger partial charge in [-0.05, 0) is 55.7 Å². The minimum Gasteiger partial charge on any atom is -0.507 e. The number of methoxy groups -OCH3 is 2. The number of pyridine rings is 1. The molecule has 1 atom stereocenters. The number of aromatic hydroxyl groups is 1. The fourth-order valence-corrected chi connectivity index (χ4v) is 4.40. The van der Waals surface area contributed by atoms with Gasteiger partial charge in [0.05, 0.1) is 25.3 Å². The van der Waals surface area contributed by atoms with Crippen molar-refractivity contribution >= 4 is 10.9 Å². The summed E-state index contributed by atoms with van der Waals surface area (Å²) in [4.78, 5) is 13.7. The predicted octanol–water partition coefficient (Wildman–Crippen LogP) is 3.96. The molecule has 0 radical (unpaired) electrons. The highest BCUT2D eigenvalue weighted by Gasteiger charge is 2.24. The topological polar surface area (TPSA) is 103 Å². The smallest absolute Gasteiger partial charge is 0.258 e. The highest BCUT2D eigenvalue weighted by Crippen LogP contribution is 2.35. The lowest BCUT2D eigenvalue weighted by Crippen LogP contribution is -2.31. The maximum atomic E-state index is 13.7. The molecule has 0 amide bonds. The van der Waals surface area contributed by atoms with E-state index in [1.165, 1.54) is 0 Å². The van der Waals surface area contributed by atoms with Crippen LogP contribution in [0.4, 0.5) is 0 Å². The molecule has 178 valence electrons. The lowest BCUT2D eigenvalue weighted by Gasteiger charge is -2.27. The molecule has 1 aromatic heterocycles. The fraction of sp³-hybridized carbons (Fsp3) is 0.385. The largest absolute Gasteiger partial charge is 0.507 e. The number of rotatable bonds is 7. The molecular formula is C26H28N2O6. The van der Waals surface area contributed by atoms with Crippen LogP contribution in [-0.2, 0) is 11.2 Å². The van der Waals surface area contributed by atoms with Gasteiger partial charge in [-0.1, -0.05) is 6.07 Å². The molecule has 0 aliphatic carbocycles. The SMILES string of the molecule is COc1ccc(Cc2c(O)c3cc(OC(C)C#N)ccc3n(C3CCOCC3)c2=O)cc1OC. The van der Waals surface area contributed by atoms with Crippen LogP contribution in [0.25, 0.3) is 10.9 Å². The quantitative estimate of drug-likeness (QED) is 0.565. The standard InChI is InChI=1S/C26H28N2O6/c1-16(15-27)34-19-5-6-22-20(14-19)25(29)21(26(30)28(22)18-8-10-33-11-9-18)12-17-4-7-23(31-2)24(13-17)32-3/h4-7,13-14,16,18,29H,8-12H2,1-3H3. The minimum absolute atomic E-state index is 0.0432. The van der Waals surface area contributed by atoms with Gasteiger partial charge < -0.3 is 28.6 Å². The molecule has 34 heavy (non-hydrogen) atoms. The summed E-state index contributed by atoms with van der Waals surface area (Å²) in [6.45, 7) is 2.80. The molecule has 1 fully saturated rings. The van der Waals surface area contributed by atoms with E-state index in [0.29, 0.717) is 54.2 Å². The lowest BCUT2D eigenvalue weighted by molar-refractivity contribution is 0.0697. The van der Waals surface area contributed by atoms with E-state index in [4.69, 9.17) is 24.2 Å². The van der Waals surface area contributed by atoms with Gasteiger partial charge >= 0.3 is 0 Å². The molecular weight excluding hydrogens is 436 g/mol. The Labute approximate surface area is 197 Å². The highest BCUT2D eigenvalue weighted by molar-refractivity contribution is 5.88. The third-order valence-electron chi connectivity index (χ3n) is 6.12. The fourth-order valence-electron chi connectivity index (χ4n) is 4.40. The van der Waals surface area contributed by atoms with Crippen molar-refractivity contribution in [3.05, 3.63) is 57.9 Å². The first kappa shape index (κ1) is 23.5. The Bertz CT molecular complexity index is 1290. The van der Waals surface area contributed by atoms with E-state index < -0.39 is 6.10 Å². The van der Waals surface area contributed by atoms with Crippen LogP contribution >= 0.6 is 0 Å². The van der Waals surface area contributed by atoms with Crippen LogP contribution in [0.2, 0.25) is 0 Å². The van der Waals surface area contributed by atoms with Gasteiger partial charge in [-0.3, -0.25) is 4.79 Å². The van der Waals surface area contributed by atoms with Crippen LogP contribution in [0, 0.1) is 11.3 Å². The van der Waals surface area contributed by atoms with Gasteiger partial charge in [0.2, 0.25) is 0 Å². The number of aromatic nitrogens is 1. The molecule has 4 rings (SSSR count). The maximum Gasteiger partial charge on any atom is 0.258 e. The maximum absolute atomic E-state index is 13.7. The normalized spacial score (nSPS) is 15.0. The second kappa shape index (κ2) is 10.1. The Morgan fingerprint density at radius 1 is 1.15 bits per heavy atom. The Hall–Kier alpha value is -3.70. The van der Waals surface area contributed by atoms with Crippen LogP contribution in [0.15, 0.2) is 41.2 Å². The summed E-state index contributed by atoms with van der Waals surface area (Å²) in [6, 6.07) is 12.6. The third-order valence-corrected chi connectivity index (χ3v) is 6.12. The summed E-state index contributed by atoms with van der Waals surface area (Å²) in [7, 11) is 3.11. The van der Waals surface area contributed by atoms with Crippen LogP contribution in [0.5, 0.6) is 23.0 Å². The molecule has 8 nitrogen and oxygen atoms in total. The monoisotopic (exact) mass is 464 g/mol. The van der Waals surface area contributed by atoms with Gasteiger partial charge in [-0.15, -0.1) is 0 Å². The molecule has 1 aliphatic rings. The first-order chi connectivity index (χ1) is 16.5. The van der Waals surface area contributed by atoms with Crippen LogP contribution in [-0.4, -0.2) is 43.2 Å². The van der Waals surface area contributed by atoms with E-state index in [1.54, 1.807) is 56.0 Å². The molecule has 2 aromatic carbocycles. The third kappa shape index (κ3) is 4.52. The Morgan fingerprint density at radius 3 is 2.56 bits per heavy atom. The number of nitrogens with zero attached hydrogens (tertiary/aromatic N) is 2. The van der Waals surface area contributed by atoms with Crippen LogP contribution < -0.4 is 19.8 Å². The van der Waals surface area contributed by atoms with Crippen LogP contribution in [0.1, 0.15) is 36.9 Å². The summed E-state index contributed by atoms with van der Waals surface area (Å²) in [5.74, 6) is 1.49. The van der Waals surface area contributed by atoms with E-state index in [-0.39, 0.29) is 29.3 Å². The van der Waals surface area contributed by atoms with Gasteiger partial charge in [0.1, 0.15) is 17.6 Å². The number of hydrogen-bond donors (Lipinski definition) is 1. The number of nitriles is 1. The molecule has 2 heterocycles. The summed E-state index contributed by atoms with van der Waals surface area (Å²) in [6.07, 6.45) is 0.981. The van der Waals surface area contributed by atoms with Gasteiger partial charge in [0.25, 0.3) is 5.56 Å². The Balaban J connectivity index is 1.88. The van der Waals surface area contributed by atoms with Gasteiger partial charge in [-0.25, -0.2) is 0 Å². The Kier molecular flexibility index (Phi) is 6.94. The molecule has 1 aliphatic heterocycles. The zero-order valence-corrected chi connectivity index (χ0v) is 19.5. The average molecular weight is 465 g/mol. The van der Waals surface area contributed by atoms with Crippen molar-refractivity contribution in [2.24, 2.45) is 0 Å². The average Bonchev–Trinajstić information content (AvgIpc) is 2.87. The summed E-state index contributed by atoms with van der Waals surface area (Å²) in [5, 5.41) is 20.8. The zero-order valence-electron chi connectivity index (χ0n) is 19.5. The second-order valence-electron chi connectivity index (χ2n) is 8.28. The van der Waals surface area contributed by atoms with Crippen LogP contribution in [0.3, 0.4) is 0 Å². The van der Waals surface area contributed by atoms with Crippen molar-refractivity contribution in [3.8, 4) is 29.1 Å². The molecule has 0 saturated carbocycles. The van der Waals surface area contributed by atoms with E-state index in [9.17, 15) is 9.90 Å². The van der Waals surface area contributed by atoms with E-state index in [1.807, 2.05) is 12.1 Å². The molecule has 0 bridgehead atoms. The first-order valence-corrected chi connectivity index (χ1v) is 11.2. The summed E-state index contributed by atoms with van der Waals surface area (Å²) in [5.41, 5.74) is 1.48. The van der Waals surface area contributed by atoms with Gasteiger partial charge in [-0.2, -0.15) is 5.26 Å². The second-order valence-corrected chi connectivity index (χ2v) is 8.28.